The number of quaternary nitrogens is 1. The summed E-state index contributed by atoms with van der Waals surface area (Å²) in [6, 6.07) is 6.22. The van der Waals surface area contributed by atoms with Crippen LogP contribution in [0.5, 0.6) is 5.75 Å². The molecule has 2 N–H and O–H groups in total. The fourth-order valence-electron chi connectivity index (χ4n) is 1.58. The lowest BCUT2D eigenvalue weighted by Crippen LogP contribution is -2.32. The average Bonchev–Trinajstić information content (AvgIpc) is 2.87. The maximum absolute atomic E-state index is 12.2. The highest BCUT2D eigenvalue weighted by molar-refractivity contribution is 7.19. The smallest absolute Gasteiger partial charge is 0.308 e. The molecule has 0 fully saturated rings. The van der Waals surface area contributed by atoms with Crippen LogP contribution in [-0.4, -0.2) is 29.1 Å². The molecule has 0 saturated heterocycles. The predicted molar refractivity (Wildman–Crippen MR) is 80.7 cm³/mol. The van der Waals surface area contributed by atoms with Crippen molar-refractivity contribution in [2.24, 2.45) is 0 Å². The van der Waals surface area contributed by atoms with Gasteiger partial charge >= 0.3 is 5.97 Å². The van der Waals surface area contributed by atoms with E-state index >= 15 is 0 Å². The van der Waals surface area contributed by atoms with Gasteiger partial charge in [-0.3, -0.25) is 14.9 Å². The number of nitrogens with zero attached hydrogens (tertiary/aromatic N) is 2. The van der Waals surface area contributed by atoms with Gasteiger partial charge in [-0.25, -0.2) is 10.2 Å². The van der Waals surface area contributed by atoms with E-state index in [-0.39, 0.29) is 21.4 Å². The number of carbonyl (C=O) groups excluding carboxylic acids is 2. The number of anilines is 1. The second-order valence-corrected chi connectivity index (χ2v) is 5.44. The van der Waals surface area contributed by atoms with E-state index in [1.807, 2.05) is 0 Å². The number of amides is 1. The van der Waals surface area contributed by atoms with Crippen LogP contribution in [0.2, 0.25) is 0 Å². The highest BCUT2D eigenvalue weighted by Gasteiger charge is 2.19. The highest BCUT2D eigenvalue weighted by Crippen LogP contribution is 2.29. The highest BCUT2D eigenvalue weighted by atomic mass is 32.1. The summed E-state index contributed by atoms with van der Waals surface area (Å²) in [5.41, 5.74) is 0.151. The van der Waals surface area contributed by atoms with Crippen molar-refractivity contribution in [3.05, 3.63) is 41.2 Å². The second kappa shape index (κ2) is 6.20. The third-order valence-corrected chi connectivity index (χ3v) is 3.56. The van der Waals surface area contributed by atoms with E-state index in [9.17, 15) is 20.0 Å². The lowest BCUT2D eigenvalue weighted by atomic mass is 10.2. The van der Waals surface area contributed by atoms with E-state index in [0.717, 1.165) is 18.4 Å². The summed E-state index contributed by atoms with van der Waals surface area (Å²) < 4.78 is 4.95. The number of thiazole rings is 1. The number of para-hydroxylation sites is 1. The Morgan fingerprint density at radius 2 is 2.09 bits per heavy atom. The van der Waals surface area contributed by atoms with E-state index < -0.39 is 16.7 Å². The molecule has 1 amide bonds. The SMILES string of the molecule is CC(=O)Oc1ccccc1C(=O)Nc1ncc([N+](C)([O-])O)s1. The van der Waals surface area contributed by atoms with Crippen molar-refractivity contribution in [1.82, 2.24) is 9.79 Å². The second-order valence-electron chi connectivity index (χ2n) is 4.43. The van der Waals surface area contributed by atoms with Crippen LogP contribution in [0.15, 0.2) is 30.5 Å². The van der Waals surface area contributed by atoms with Gasteiger partial charge in [-0.05, 0) is 23.5 Å². The summed E-state index contributed by atoms with van der Waals surface area (Å²) in [6.45, 7) is 1.23. The summed E-state index contributed by atoms with van der Waals surface area (Å²) >= 11 is 0.841. The summed E-state index contributed by atoms with van der Waals surface area (Å²) in [5.74, 6) is -0.969. The minimum absolute atomic E-state index is 0.0172. The van der Waals surface area contributed by atoms with Gasteiger partial charge in [0.1, 0.15) is 19.0 Å². The minimum Gasteiger partial charge on any atom is -0.593 e. The molecular weight excluding hydrogens is 310 g/mol. The van der Waals surface area contributed by atoms with Crippen LogP contribution in [0.4, 0.5) is 10.1 Å². The molecule has 8 nitrogen and oxygen atoms in total. The van der Waals surface area contributed by atoms with Gasteiger partial charge in [-0.15, -0.1) is 0 Å². The van der Waals surface area contributed by atoms with Gasteiger partial charge in [0.15, 0.2) is 5.13 Å². The first-order valence-corrected chi connectivity index (χ1v) is 6.94. The van der Waals surface area contributed by atoms with Crippen LogP contribution in [0.1, 0.15) is 17.3 Å². The minimum atomic E-state index is -1.63. The molecule has 1 aromatic heterocycles. The van der Waals surface area contributed by atoms with Crippen molar-refractivity contribution in [2.75, 3.05) is 12.4 Å². The lowest BCUT2D eigenvalue weighted by molar-refractivity contribution is -0.131. The van der Waals surface area contributed by atoms with Crippen molar-refractivity contribution < 1.29 is 19.5 Å². The molecule has 0 saturated carbocycles. The predicted octanol–water partition coefficient (Wildman–Crippen LogP) is 2.14. The lowest BCUT2D eigenvalue weighted by Gasteiger charge is -2.24. The first-order valence-electron chi connectivity index (χ1n) is 6.13. The van der Waals surface area contributed by atoms with Gasteiger partial charge in [0.25, 0.3) is 5.91 Å². The number of aromatic nitrogens is 1. The molecule has 9 heteroatoms. The molecule has 0 aliphatic carbocycles. The standard InChI is InChI=1S/C13H13N3O5S/c1-8(17)21-10-6-4-3-5-9(10)12(18)15-13-14-7-11(22-13)16(2,19)20/h3-7,19H,1-2H3,(H,14,15,18). The van der Waals surface area contributed by atoms with E-state index in [2.05, 4.69) is 10.3 Å². The van der Waals surface area contributed by atoms with Crippen LogP contribution < -0.4 is 14.9 Å². The van der Waals surface area contributed by atoms with Crippen molar-refractivity contribution in [2.45, 2.75) is 6.92 Å². The normalized spacial score (nSPS) is 13.3. The molecule has 2 rings (SSSR count). The molecule has 22 heavy (non-hydrogen) atoms. The number of rotatable bonds is 4. The Morgan fingerprint density at radius 3 is 2.68 bits per heavy atom. The maximum atomic E-state index is 12.2. The summed E-state index contributed by atoms with van der Waals surface area (Å²) in [5, 5.41) is 23.3. The Bertz CT molecular complexity index is 708. The third-order valence-electron chi connectivity index (χ3n) is 2.51. The van der Waals surface area contributed by atoms with Gasteiger partial charge in [-0.2, -0.15) is 4.81 Å². The molecule has 1 aromatic carbocycles. The Morgan fingerprint density at radius 1 is 1.41 bits per heavy atom. The van der Waals surface area contributed by atoms with Crippen molar-refractivity contribution >= 4 is 33.3 Å². The Labute approximate surface area is 129 Å². The van der Waals surface area contributed by atoms with Gasteiger partial charge in [0.05, 0.1) is 5.56 Å². The van der Waals surface area contributed by atoms with Crippen LogP contribution in [-0.2, 0) is 4.79 Å². The fourth-order valence-corrected chi connectivity index (χ4v) is 2.30. The van der Waals surface area contributed by atoms with Crippen LogP contribution >= 0.6 is 11.3 Å². The molecule has 0 aliphatic heterocycles. The Balaban J connectivity index is 2.19. The number of hydrogen-bond acceptors (Lipinski definition) is 7. The molecule has 1 heterocycles. The van der Waals surface area contributed by atoms with E-state index in [4.69, 9.17) is 4.74 Å². The number of esters is 1. The quantitative estimate of drug-likeness (QED) is 0.386. The van der Waals surface area contributed by atoms with Crippen LogP contribution in [0, 0.1) is 5.21 Å². The summed E-state index contributed by atoms with van der Waals surface area (Å²) in [7, 11) is 1.02. The van der Waals surface area contributed by atoms with Gasteiger partial charge in [0, 0.05) is 6.92 Å². The Kier molecular flexibility index (Phi) is 4.52. The monoisotopic (exact) mass is 323 g/mol. The molecule has 0 spiro atoms. The number of hydroxylamine groups is 2. The summed E-state index contributed by atoms with van der Waals surface area (Å²) in [4.78, 5) is 25.4. The fraction of sp³-hybridized carbons (Fsp3) is 0.154. The molecule has 2 aromatic rings. The zero-order valence-electron chi connectivity index (χ0n) is 11.8. The number of nitrogens with one attached hydrogen (secondary N) is 1. The molecule has 0 bridgehead atoms. The molecule has 1 unspecified atom stereocenters. The first kappa shape index (κ1) is 16.0. The zero-order valence-corrected chi connectivity index (χ0v) is 12.6. The maximum Gasteiger partial charge on any atom is 0.308 e. The topological polar surface area (TPSA) is 112 Å². The largest absolute Gasteiger partial charge is 0.593 e. The van der Waals surface area contributed by atoms with E-state index in [1.165, 1.54) is 25.3 Å². The first-order chi connectivity index (χ1) is 10.3. The summed E-state index contributed by atoms with van der Waals surface area (Å²) in [6.07, 6.45) is 1.17. The van der Waals surface area contributed by atoms with Crippen LogP contribution in [0.25, 0.3) is 0 Å². The molecular formula is C13H13N3O5S. The van der Waals surface area contributed by atoms with Gasteiger partial charge in [0.2, 0.25) is 5.00 Å². The van der Waals surface area contributed by atoms with Gasteiger partial charge < -0.3 is 9.94 Å². The third kappa shape index (κ3) is 3.86. The average molecular weight is 323 g/mol. The molecule has 116 valence electrons. The molecule has 0 radical (unpaired) electrons. The number of hydrogen-bond donors (Lipinski definition) is 2. The van der Waals surface area contributed by atoms with Gasteiger partial charge in [-0.1, -0.05) is 12.1 Å². The number of benzene rings is 1. The molecule has 1 atom stereocenters. The number of ether oxygens (including phenoxy) is 1. The van der Waals surface area contributed by atoms with Crippen molar-refractivity contribution in [3.8, 4) is 5.75 Å². The number of carbonyl (C=O) groups is 2. The Hall–Kier alpha value is -2.33. The van der Waals surface area contributed by atoms with E-state index in [1.54, 1.807) is 12.1 Å². The molecule has 0 aliphatic rings. The zero-order chi connectivity index (χ0) is 16.3. The van der Waals surface area contributed by atoms with Crippen LogP contribution in [0.3, 0.4) is 0 Å². The van der Waals surface area contributed by atoms with E-state index in [0.29, 0.717) is 0 Å². The van der Waals surface area contributed by atoms with Crippen molar-refractivity contribution in [3.63, 3.8) is 0 Å². The van der Waals surface area contributed by atoms with Crippen molar-refractivity contribution in [1.29, 1.82) is 0 Å².